The number of hydrogen-bond acceptors (Lipinski definition) is 4. The van der Waals surface area contributed by atoms with Crippen LogP contribution in [0.4, 0.5) is 11.4 Å². The van der Waals surface area contributed by atoms with Crippen LogP contribution in [0.15, 0.2) is 47.3 Å². The lowest BCUT2D eigenvalue weighted by Gasteiger charge is -2.10. The van der Waals surface area contributed by atoms with Crippen molar-refractivity contribution in [2.75, 3.05) is 23.7 Å². The predicted octanol–water partition coefficient (Wildman–Crippen LogP) is 2.86. The molecule has 1 unspecified atom stereocenters. The van der Waals surface area contributed by atoms with Gasteiger partial charge in [-0.15, -0.1) is 0 Å². The minimum Gasteiger partial charge on any atom is -0.472 e. The first-order valence-electron chi connectivity index (χ1n) is 8.15. The Morgan fingerprint density at radius 1 is 1.21 bits per heavy atom. The molecular formula is C18H21N3O3. The molecule has 0 spiro atoms. The number of benzene rings is 1. The lowest BCUT2D eigenvalue weighted by molar-refractivity contribution is -0.116. The standard InChI is InChI=1S/C18H21N3O3/c22-17(5-4-13-6-8-19-11-13)20-15-2-1-3-16(10-15)21-18(23)14-7-9-24-12-14/h1-3,7,9-10,12-13,19H,4-6,8,11H2,(H,20,22)(H,21,23). The maximum Gasteiger partial charge on any atom is 0.258 e. The van der Waals surface area contributed by atoms with Gasteiger partial charge in [0, 0.05) is 17.8 Å². The van der Waals surface area contributed by atoms with Gasteiger partial charge in [0.25, 0.3) is 5.91 Å². The van der Waals surface area contributed by atoms with Crippen molar-refractivity contribution in [2.24, 2.45) is 5.92 Å². The molecule has 126 valence electrons. The Morgan fingerprint density at radius 3 is 2.75 bits per heavy atom. The molecule has 2 heterocycles. The Morgan fingerprint density at radius 2 is 2.04 bits per heavy atom. The molecule has 1 aromatic carbocycles. The number of rotatable bonds is 6. The molecule has 1 atom stereocenters. The van der Waals surface area contributed by atoms with Crippen LogP contribution in [0.1, 0.15) is 29.6 Å². The Balaban J connectivity index is 1.52. The molecule has 2 amide bonds. The van der Waals surface area contributed by atoms with Gasteiger partial charge in [0.05, 0.1) is 11.8 Å². The van der Waals surface area contributed by atoms with Crippen molar-refractivity contribution in [1.82, 2.24) is 5.32 Å². The summed E-state index contributed by atoms with van der Waals surface area (Å²) < 4.78 is 4.90. The van der Waals surface area contributed by atoms with Gasteiger partial charge in [-0.25, -0.2) is 0 Å². The number of carbonyl (C=O) groups is 2. The van der Waals surface area contributed by atoms with Crippen LogP contribution in [0.5, 0.6) is 0 Å². The first kappa shape index (κ1) is 16.3. The lowest BCUT2D eigenvalue weighted by Crippen LogP contribution is -2.15. The summed E-state index contributed by atoms with van der Waals surface area (Å²) in [7, 11) is 0. The molecule has 1 aliphatic heterocycles. The van der Waals surface area contributed by atoms with Crippen LogP contribution in [0, 0.1) is 5.92 Å². The number of carbonyl (C=O) groups excluding carboxylic acids is 2. The summed E-state index contributed by atoms with van der Waals surface area (Å²) >= 11 is 0. The fourth-order valence-electron chi connectivity index (χ4n) is 2.79. The fourth-order valence-corrected chi connectivity index (χ4v) is 2.79. The molecule has 0 aliphatic carbocycles. The van der Waals surface area contributed by atoms with Crippen LogP contribution >= 0.6 is 0 Å². The van der Waals surface area contributed by atoms with Crippen LogP contribution in [-0.4, -0.2) is 24.9 Å². The highest BCUT2D eigenvalue weighted by Crippen LogP contribution is 2.18. The topological polar surface area (TPSA) is 83.4 Å². The average Bonchev–Trinajstić information content (AvgIpc) is 3.27. The number of anilines is 2. The summed E-state index contributed by atoms with van der Waals surface area (Å²) in [4.78, 5) is 24.1. The lowest BCUT2D eigenvalue weighted by atomic mass is 10.0. The molecule has 0 saturated carbocycles. The molecular weight excluding hydrogens is 306 g/mol. The third-order valence-corrected chi connectivity index (χ3v) is 4.13. The monoisotopic (exact) mass is 327 g/mol. The summed E-state index contributed by atoms with van der Waals surface area (Å²) in [5.41, 5.74) is 1.75. The van der Waals surface area contributed by atoms with Crippen molar-refractivity contribution >= 4 is 23.2 Å². The Kier molecular flexibility index (Phi) is 5.28. The average molecular weight is 327 g/mol. The van der Waals surface area contributed by atoms with Gasteiger partial charge in [-0.2, -0.15) is 0 Å². The van der Waals surface area contributed by atoms with Gasteiger partial charge < -0.3 is 20.4 Å². The van der Waals surface area contributed by atoms with Gasteiger partial charge in [0.2, 0.25) is 5.91 Å². The van der Waals surface area contributed by atoms with Gasteiger partial charge >= 0.3 is 0 Å². The molecule has 0 bridgehead atoms. The number of amides is 2. The Bertz CT molecular complexity index is 691. The second-order valence-corrected chi connectivity index (χ2v) is 5.99. The van der Waals surface area contributed by atoms with E-state index in [1.807, 2.05) is 6.07 Å². The van der Waals surface area contributed by atoms with E-state index in [-0.39, 0.29) is 11.8 Å². The molecule has 1 aromatic heterocycles. The molecule has 6 heteroatoms. The predicted molar refractivity (Wildman–Crippen MR) is 91.9 cm³/mol. The maximum absolute atomic E-state index is 12.1. The molecule has 3 rings (SSSR count). The van der Waals surface area contributed by atoms with Crippen LogP contribution in [0.25, 0.3) is 0 Å². The molecule has 3 N–H and O–H groups in total. The summed E-state index contributed by atoms with van der Waals surface area (Å²) in [6.45, 7) is 2.05. The Labute approximate surface area is 140 Å². The third-order valence-electron chi connectivity index (χ3n) is 4.13. The minimum absolute atomic E-state index is 0.000195. The number of furan rings is 1. The van der Waals surface area contributed by atoms with Crippen LogP contribution in [0.2, 0.25) is 0 Å². The van der Waals surface area contributed by atoms with E-state index in [1.165, 1.54) is 12.5 Å². The van der Waals surface area contributed by atoms with E-state index in [9.17, 15) is 9.59 Å². The molecule has 1 fully saturated rings. The highest BCUT2D eigenvalue weighted by atomic mass is 16.3. The third kappa shape index (κ3) is 4.45. The zero-order valence-corrected chi connectivity index (χ0v) is 13.4. The van der Waals surface area contributed by atoms with E-state index in [4.69, 9.17) is 4.42 Å². The van der Waals surface area contributed by atoms with Crippen LogP contribution < -0.4 is 16.0 Å². The SMILES string of the molecule is O=C(CCC1CCNC1)Nc1cccc(NC(=O)c2ccoc2)c1. The normalized spacial score (nSPS) is 16.8. The van der Waals surface area contributed by atoms with E-state index in [0.29, 0.717) is 29.3 Å². The number of hydrogen-bond donors (Lipinski definition) is 3. The Hall–Kier alpha value is -2.60. The van der Waals surface area contributed by atoms with E-state index in [0.717, 1.165) is 25.9 Å². The van der Waals surface area contributed by atoms with E-state index >= 15 is 0 Å². The molecule has 2 aromatic rings. The molecule has 0 radical (unpaired) electrons. The largest absolute Gasteiger partial charge is 0.472 e. The first-order valence-corrected chi connectivity index (χ1v) is 8.15. The zero-order chi connectivity index (χ0) is 16.8. The maximum atomic E-state index is 12.1. The number of nitrogens with one attached hydrogen (secondary N) is 3. The van der Waals surface area contributed by atoms with Gasteiger partial charge in [-0.3, -0.25) is 9.59 Å². The van der Waals surface area contributed by atoms with Crippen molar-refractivity contribution in [2.45, 2.75) is 19.3 Å². The highest BCUT2D eigenvalue weighted by Gasteiger charge is 2.15. The van der Waals surface area contributed by atoms with E-state index in [1.54, 1.807) is 24.3 Å². The molecule has 24 heavy (non-hydrogen) atoms. The smallest absolute Gasteiger partial charge is 0.258 e. The second-order valence-electron chi connectivity index (χ2n) is 5.99. The van der Waals surface area contributed by atoms with Gasteiger partial charge in [0.1, 0.15) is 6.26 Å². The quantitative estimate of drug-likeness (QED) is 0.762. The minimum atomic E-state index is -0.249. The van der Waals surface area contributed by atoms with Gasteiger partial charge in [-0.1, -0.05) is 6.07 Å². The van der Waals surface area contributed by atoms with E-state index in [2.05, 4.69) is 16.0 Å². The molecule has 1 aliphatic rings. The first-order chi connectivity index (χ1) is 11.7. The highest BCUT2D eigenvalue weighted by molar-refractivity contribution is 6.04. The molecule has 6 nitrogen and oxygen atoms in total. The summed E-state index contributed by atoms with van der Waals surface area (Å²) in [5.74, 6) is 0.345. The summed E-state index contributed by atoms with van der Waals surface area (Å²) in [6, 6.07) is 8.72. The van der Waals surface area contributed by atoms with Crippen LogP contribution in [0.3, 0.4) is 0 Å². The van der Waals surface area contributed by atoms with E-state index < -0.39 is 0 Å². The summed E-state index contributed by atoms with van der Waals surface area (Å²) in [5, 5.41) is 8.97. The molecule has 1 saturated heterocycles. The van der Waals surface area contributed by atoms with Crippen molar-refractivity contribution < 1.29 is 14.0 Å². The van der Waals surface area contributed by atoms with Gasteiger partial charge in [-0.05, 0) is 56.1 Å². The van der Waals surface area contributed by atoms with Crippen molar-refractivity contribution in [3.05, 3.63) is 48.4 Å². The van der Waals surface area contributed by atoms with Crippen molar-refractivity contribution in [3.63, 3.8) is 0 Å². The van der Waals surface area contributed by atoms with Gasteiger partial charge in [0.15, 0.2) is 0 Å². The van der Waals surface area contributed by atoms with Crippen molar-refractivity contribution in [3.8, 4) is 0 Å². The summed E-state index contributed by atoms with van der Waals surface area (Å²) in [6.07, 6.45) is 5.39. The second kappa shape index (κ2) is 7.79. The van der Waals surface area contributed by atoms with Crippen LogP contribution in [-0.2, 0) is 4.79 Å². The fraction of sp³-hybridized carbons (Fsp3) is 0.333. The zero-order valence-electron chi connectivity index (χ0n) is 13.4. The van der Waals surface area contributed by atoms with Crippen molar-refractivity contribution in [1.29, 1.82) is 0 Å².